The van der Waals surface area contributed by atoms with Crippen LogP contribution in [0.15, 0.2) is 30.5 Å². The molecule has 0 bridgehead atoms. The molecule has 2 rings (SSSR count). The Labute approximate surface area is 97.3 Å². The highest BCUT2D eigenvalue weighted by molar-refractivity contribution is 5.84. The number of benzene rings is 1. The van der Waals surface area contributed by atoms with Crippen LogP contribution in [0.25, 0.3) is 10.8 Å². The Morgan fingerprint density at radius 3 is 2.65 bits per heavy atom. The topological polar surface area (TPSA) is 12.9 Å². The Kier molecular flexibility index (Phi) is 3.05. The van der Waals surface area contributed by atoms with Gasteiger partial charge in [-0.1, -0.05) is 18.2 Å². The van der Waals surface area contributed by atoms with Crippen molar-refractivity contribution in [1.29, 1.82) is 0 Å². The van der Waals surface area contributed by atoms with E-state index in [1.54, 1.807) is 18.3 Å². The Balaban J connectivity index is 2.26. The minimum Gasteiger partial charge on any atom is -0.261 e. The third kappa shape index (κ3) is 2.96. The van der Waals surface area contributed by atoms with Crippen LogP contribution < -0.4 is 0 Å². The highest BCUT2D eigenvalue weighted by Gasteiger charge is 2.26. The number of hydrogen-bond donors (Lipinski definition) is 0. The summed E-state index contributed by atoms with van der Waals surface area (Å²) in [4.78, 5) is 4.14. The molecule has 0 unspecified atom stereocenters. The van der Waals surface area contributed by atoms with E-state index in [0.717, 1.165) is 16.5 Å². The lowest BCUT2D eigenvalue weighted by atomic mass is 10.0. The SMILES string of the molecule is Cc1nccc2cc(CCC(F)(F)F)ccc12. The zero-order valence-electron chi connectivity index (χ0n) is 9.38. The van der Waals surface area contributed by atoms with Crippen LogP contribution in [0.4, 0.5) is 13.2 Å². The summed E-state index contributed by atoms with van der Waals surface area (Å²) in [5.41, 5.74) is 1.60. The summed E-state index contributed by atoms with van der Waals surface area (Å²) in [5.74, 6) is 0. The van der Waals surface area contributed by atoms with Gasteiger partial charge in [0.05, 0.1) is 0 Å². The van der Waals surface area contributed by atoms with Gasteiger partial charge in [-0.2, -0.15) is 13.2 Å². The lowest BCUT2D eigenvalue weighted by Gasteiger charge is -2.07. The lowest BCUT2D eigenvalue weighted by molar-refractivity contribution is -0.133. The molecule has 0 aliphatic carbocycles. The average Bonchev–Trinajstić information content (AvgIpc) is 2.26. The minimum atomic E-state index is -4.09. The van der Waals surface area contributed by atoms with Gasteiger partial charge in [-0.15, -0.1) is 0 Å². The number of pyridine rings is 1. The number of nitrogens with zero attached hydrogens (tertiary/aromatic N) is 1. The summed E-state index contributed by atoms with van der Waals surface area (Å²) in [6.45, 7) is 1.89. The van der Waals surface area contributed by atoms with Crippen molar-refractivity contribution in [2.75, 3.05) is 0 Å². The van der Waals surface area contributed by atoms with Gasteiger partial charge in [0.2, 0.25) is 0 Å². The summed E-state index contributed by atoms with van der Waals surface area (Å²) >= 11 is 0. The highest BCUT2D eigenvalue weighted by Crippen LogP contribution is 2.24. The Hall–Kier alpha value is -1.58. The van der Waals surface area contributed by atoms with E-state index in [2.05, 4.69) is 4.98 Å². The zero-order chi connectivity index (χ0) is 12.5. The van der Waals surface area contributed by atoms with Crippen molar-refractivity contribution < 1.29 is 13.2 Å². The molecule has 2 aromatic rings. The zero-order valence-corrected chi connectivity index (χ0v) is 9.38. The van der Waals surface area contributed by atoms with E-state index >= 15 is 0 Å². The summed E-state index contributed by atoms with van der Waals surface area (Å²) < 4.78 is 36.3. The van der Waals surface area contributed by atoms with E-state index in [1.165, 1.54) is 0 Å². The summed E-state index contributed by atoms with van der Waals surface area (Å²) in [6.07, 6.45) is -3.17. The number of alkyl halides is 3. The average molecular weight is 239 g/mol. The Bertz CT molecular complexity index is 532. The van der Waals surface area contributed by atoms with Crippen LogP contribution in [0.5, 0.6) is 0 Å². The molecule has 0 aliphatic heterocycles. The lowest BCUT2D eigenvalue weighted by Crippen LogP contribution is -2.08. The normalized spacial score (nSPS) is 12.0. The molecule has 0 atom stereocenters. The minimum absolute atomic E-state index is 0.0286. The summed E-state index contributed by atoms with van der Waals surface area (Å²) in [6, 6.07) is 7.20. The van der Waals surface area contributed by atoms with Crippen molar-refractivity contribution in [3.8, 4) is 0 Å². The number of aryl methyl sites for hydroxylation is 2. The number of halogens is 3. The molecule has 1 aromatic heterocycles. The number of hydrogen-bond acceptors (Lipinski definition) is 1. The van der Waals surface area contributed by atoms with Crippen LogP contribution >= 0.6 is 0 Å². The van der Waals surface area contributed by atoms with Gasteiger partial charge in [-0.3, -0.25) is 4.98 Å². The predicted molar refractivity (Wildman–Crippen MR) is 60.9 cm³/mol. The molecule has 1 nitrogen and oxygen atoms in total. The molecule has 90 valence electrons. The number of aromatic nitrogens is 1. The van der Waals surface area contributed by atoms with Crippen molar-refractivity contribution in [3.63, 3.8) is 0 Å². The van der Waals surface area contributed by atoms with Crippen molar-refractivity contribution in [3.05, 3.63) is 41.7 Å². The second kappa shape index (κ2) is 4.35. The van der Waals surface area contributed by atoms with Gasteiger partial charge < -0.3 is 0 Å². The van der Waals surface area contributed by atoms with Gasteiger partial charge in [-0.05, 0) is 30.4 Å². The van der Waals surface area contributed by atoms with Gasteiger partial charge in [0.1, 0.15) is 0 Å². The van der Waals surface area contributed by atoms with Gasteiger partial charge in [0.15, 0.2) is 0 Å². The molecule has 17 heavy (non-hydrogen) atoms. The standard InChI is InChI=1S/C13H12F3N/c1-9-12-3-2-10(4-6-13(14,15)16)8-11(12)5-7-17-9/h2-3,5,7-8H,4,6H2,1H3. The molecule has 0 fully saturated rings. The van der Waals surface area contributed by atoms with Crippen LogP contribution in [-0.2, 0) is 6.42 Å². The molecule has 0 radical (unpaired) electrons. The predicted octanol–water partition coefficient (Wildman–Crippen LogP) is 4.04. The molecule has 4 heteroatoms. The van der Waals surface area contributed by atoms with Crippen molar-refractivity contribution >= 4 is 10.8 Å². The van der Waals surface area contributed by atoms with E-state index in [-0.39, 0.29) is 6.42 Å². The molecular formula is C13H12F3N. The summed E-state index contributed by atoms with van der Waals surface area (Å²) in [7, 11) is 0. The van der Waals surface area contributed by atoms with Crippen LogP contribution in [0.1, 0.15) is 17.7 Å². The van der Waals surface area contributed by atoms with E-state index in [9.17, 15) is 13.2 Å². The van der Waals surface area contributed by atoms with E-state index < -0.39 is 12.6 Å². The molecule has 0 amide bonds. The van der Waals surface area contributed by atoms with Gasteiger partial charge in [0.25, 0.3) is 0 Å². The smallest absolute Gasteiger partial charge is 0.261 e. The second-order valence-electron chi connectivity index (χ2n) is 4.07. The first-order chi connectivity index (χ1) is 7.96. The number of fused-ring (bicyclic) bond motifs is 1. The van der Waals surface area contributed by atoms with Gasteiger partial charge >= 0.3 is 6.18 Å². The second-order valence-corrected chi connectivity index (χ2v) is 4.07. The van der Waals surface area contributed by atoms with Gasteiger partial charge in [0, 0.05) is 23.7 Å². The van der Waals surface area contributed by atoms with Crippen LogP contribution in [-0.4, -0.2) is 11.2 Å². The Morgan fingerprint density at radius 2 is 1.94 bits per heavy atom. The van der Waals surface area contributed by atoms with Gasteiger partial charge in [-0.25, -0.2) is 0 Å². The van der Waals surface area contributed by atoms with Crippen molar-refractivity contribution in [2.45, 2.75) is 25.9 Å². The molecule has 0 N–H and O–H groups in total. The van der Waals surface area contributed by atoms with Crippen LogP contribution in [0.2, 0.25) is 0 Å². The van der Waals surface area contributed by atoms with Crippen LogP contribution in [0, 0.1) is 6.92 Å². The molecule has 0 saturated heterocycles. The van der Waals surface area contributed by atoms with Crippen LogP contribution in [0.3, 0.4) is 0 Å². The quantitative estimate of drug-likeness (QED) is 0.770. The fourth-order valence-electron chi connectivity index (χ4n) is 1.82. The molecule has 0 aliphatic rings. The van der Waals surface area contributed by atoms with E-state index in [4.69, 9.17) is 0 Å². The first-order valence-corrected chi connectivity index (χ1v) is 5.37. The monoisotopic (exact) mass is 239 g/mol. The first kappa shape index (κ1) is 11.9. The Morgan fingerprint density at radius 1 is 1.18 bits per heavy atom. The molecule has 0 saturated carbocycles. The molecule has 0 spiro atoms. The van der Waals surface area contributed by atoms with E-state index in [0.29, 0.717) is 5.56 Å². The fraction of sp³-hybridized carbons (Fsp3) is 0.308. The number of rotatable bonds is 2. The molecule has 1 heterocycles. The highest BCUT2D eigenvalue weighted by atomic mass is 19.4. The fourth-order valence-corrected chi connectivity index (χ4v) is 1.82. The maximum atomic E-state index is 12.1. The third-order valence-electron chi connectivity index (χ3n) is 2.73. The molecule has 1 aromatic carbocycles. The first-order valence-electron chi connectivity index (χ1n) is 5.37. The molecular weight excluding hydrogens is 227 g/mol. The van der Waals surface area contributed by atoms with Crippen molar-refractivity contribution in [1.82, 2.24) is 4.98 Å². The third-order valence-corrected chi connectivity index (χ3v) is 2.73. The maximum absolute atomic E-state index is 12.1. The van der Waals surface area contributed by atoms with E-state index in [1.807, 2.05) is 19.1 Å². The largest absolute Gasteiger partial charge is 0.389 e. The summed E-state index contributed by atoms with van der Waals surface area (Å²) in [5, 5.41) is 1.93. The maximum Gasteiger partial charge on any atom is 0.389 e. The van der Waals surface area contributed by atoms with Crippen molar-refractivity contribution in [2.24, 2.45) is 0 Å².